The molecule has 0 saturated heterocycles. The molecule has 0 saturated carbocycles. The molecule has 0 aromatic heterocycles. The van der Waals surface area contributed by atoms with Gasteiger partial charge < -0.3 is 9.32 Å². The normalized spacial score (nSPS) is 16.5. The van der Waals surface area contributed by atoms with Crippen LogP contribution in [0.4, 0.5) is 5.69 Å². The minimum absolute atomic E-state index is 0.0148. The highest BCUT2D eigenvalue weighted by atomic mass is 16.3. The lowest BCUT2D eigenvalue weighted by molar-refractivity contribution is 0.527. The van der Waals surface area contributed by atoms with Gasteiger partial charge in [0.25, 0.3) is 0 Å². The van der Waals surface area contributed by atoms with E-state index in [1.807, 2.05) is 0 Å². The Morgan fingerprint density at radius 2 is 1.69 bits per heavy atom. The third-order valence-corrected chi connectivity index (χ3v) is 7.34. The lowest BCUT2D eigenvalue weighted by atomic mass is 9.82. The van der Waals surface area contributed by atoms with Crippen molar-refractivity contribution in [3.63, 3.8) is 0 Å². The fraction of sp³-hybridized carbons (Fsp3) is 0.406. The molecule has 1 aromatic rings. The van der Waals surface area contributed by atoms with E-state index in [9.17, 15) is 0 Å². The van der Waals surface area contributed by atoms with Crippen LogP contribution in [0.25, 0.3) is 17.4 Å². The van der Waals surface area contributed by atoms with E-state index in [4.69, 9.17) is 4.42 Å². The van der Waals surface area contributed by atoms with E-state index in [0.717, 1.165) is 31.2 Å². The van der Waals surface area contributed by atoms with Crippen molar-refractivity contribution in [2.75, 3.05) is 24.5 Å². The van der Waals surface area contributed by atoms with Crippen molar-refractivity contribution < 1.29 is 4.42 Å². The molecule has 0 atom stereocenters. The summed E-state index contributed by atoms with van der Waals surface area (Å²) in [5.41, 5.74) is 6.49. The molecule has 0 amide bonds. The van der Waals surface area contributed by atoms with Gasteiger partial charge in [0.05, 0.1) is 6.07 Å². The van der Waals surface area contributed by atoms with E-state index < -0.39 is 0 Å². The number of fused-ring (bicyclic) bond motifs is 2. The first-order valence-corrected chi connectivity index (χ1v) is 13.0. The molecule has 0 N–H and O–H groups in total. The molecular weight excluding hydrogens is 428 g/mol. The largest absolute Gasteiger partial charge is 0.456 e. The number of anilines is 1. The van der Waals surface area contributed by atoms with E-state index >= 15 is 0 Å². The van der Waals surface area contributed by atoms with Gasteiger partial charge in [0.1, 0.15) is 24.6 Å². The lowest BCUT2D eigenvalue weighted by Gasteiger charge is -2.26. The molecule has 0 spiro atoms. The Kier molecular flexibility index (Phi) is 6.81. The average molecular weight is 470 g/mol. The number of nitrogens with zero attached hydrogens (tertiary/aromatic N) is 2. The standard InChI is InChI=1S/C32H41N2O/c1-9-33(10-2)23-19-20-25-27(31(4,5)6)22-24(35-29(25)21-23)15-14-18-30-32(7,8)26-16-12-13-17-28(26)34(30)11-3/h12-22H,9-11H2,1-8H3/q+1. The molecule has 1 aromatic carbocycles. The molecule has 3 nitrogen and oxygen atoms in total. The number of rotatable bonds is 5. The van der Waals surface area contributed by atoms with E-state index in [1.165, 1.54) is 33.4 Å². The van der Waals surface area contributed by atoms with Crippen LogP contribution in [-0.4, -0.2) is 19.6 Å². The second-order valence-electron chi connectivity index (χ2n) is 11.0. The van der Waals surface area contributed by atoms with Crippen LogP contribution in [-0.2, 0) is 10.8 Å². The van der Waals surface area contributed by atoms with Crippen LogP contribution in [0.3, 0.4) is 0 Å². The second-order valence-corrected chi connectivity index (χ2v) is 11.0. The van der Waals surface area contributed by atoms with Crippen LogP contribution < -0.4 is 14.8 Å². The molecule has 2 heterocycles. The Morgan fingerprint density at radius 3 is 2.34 bits per heavy atom. The predicted octanol–water partition coefficient (Wildman–Crippen LogP) is 7.21. The van der Waals surface area contributed by atoms with Crippen LogP contribution >= 0.6 is 0 Å². The first-order valence-electron chi connectivity index (χ1n) is 13.0. The maximum atomic E-state index is 6.45. The first kappa shape index (κ1) is 25.0. The smallest absolute Gasteiger partial charge is 0.203 e. The molecule has 3 heteroatoms. The van der Waals surface area contributed by atoms with Crippen LogP contribution in [0.15, 0.2) is 70.8 Å². The molecule has 2 aliphatic heterocycles. The third kappa shape index (κ3) is 4.61. The highest BCUT2D eigenvalue weighted by Crippen LogP contribution is 2.47. The average Bonchev–Trinajstić information content (AvgIpc) is 3.04. The van der Waals surface area contributed by atoms with Crippen molar-refractivity contribution in [2.45, 2.75) is 66.2 Å². The molecule has 3 aliphatic rings. The van der Waals surface area contributed by atoms with E-state index in [0.29, 0.717) is 0 Å². The maximum absolute atomic E-state index is 6.45. The molecule has 4 rings (SSSR count). The van der Waals surface area contributed by atoms with Gasteiger partial charge in [-0.25, -0.2) is 4.58 Å². The van der Waals surface area contributed by atoms with Crippen molar-refractivity contribution in [3.05, 3.63) is 88.6 Å². The summed E-state index contributed by atoms with van der Waals surface area (Å²) >= 11 is 0. The number of hydrogen-bond donors (Lipinski definition) is 0. The summed E-state index contributed by atoms with van der Waals surface area (Å²) in [5.74, 6) is 1.82. The van der Waals surface area contributed by atoms with Crippen molar-refractivity contribution in [1.29, 1.82) is 0 Å². The van der Waals surface area contributed by atoms with Crippen molar-refractivity contribution in [3.8, 4) is 11.3 Å². The summed E-state index contributed by atoms with van der Waals surface area (Å²) in [7, 11) is 0. The summed E-state index contributed by atoms with van der Waals surface area (Å²) in [6.45, 7) is 21.0. The fourth-order valence-corrected chi connectivity index (χ4v) is 5.40. The monoisotopic (exact) mass is 469 g/mol. The summed E-state index contributed by atoms with van der Waals surface area (Å²) in [4.78, 5) is 2.42. The van der Waals surface area contributed by atoms with Gasteiger partial charge in [-0.2, -0.15) is 0 Å². The van der Waals surface area contributed by atoms with Gasteiger partial charge in [-0.3, -0.25) is 0 Å². The Bertz CT molecular complexity index is 1310. The molecule has 184 valence electrons. The van der Waals surface area contributed by atoms with E-state index in [2.05, 4.69) is 132 Å². The highest BCUT2D eigenvalue weighted by Gasteiger charge is 2.38. The Balaban J connectivity index is 1.80. The quantitative estimate of drug-likeness (QED) is 0.368. The van der Waals surface area contributed by atoms with Crippen molar-refractivity contribution >= 4 is 11.8 Å². The third-order valence-electron chi connectivity index (χ3n) is 7.34. The SMILES string of the molecule is CCN1C(=CC=Cc2cc(C(C)(C)C)c3ccc(=[N+](CC)CC)cc-3o2)C(C)(C)c2ccccc21. The zero-order chi connectivity index (χ0) is 25.4. The zero-order valence-corrected chi connectivity index (χ0v) is 22.8. The second kappa shape index (κ2) is 9.53. The number of likely N-dealkylation sites (N-methyl/N-ethyl adjacent to an activating group) is 1. The minimum atomic E-state index is -0.0350. The van der Waals surface area contributed by atoms with Gasteiger partial charge in [0.2, 0.25) is 5.36 Å². The summed E-state index contributed by atoms with van der Waals surface area (Å²) in [6.07, 6.45) is 6.52. The van der Waals surface area contributed by atoms with Crippen molar-refractivity contribution in [1.82, 2.24) is 4.58 Å². The Labute approximate surface area is 211 Å². The number of benzene rings is 2. The van der Waals surface area contributed by atoms with Gasteiger partial charge in [0, 0.05) is 35.0 Å². The molecule has 0 bridgehead atoms. The van der Waals surface area contributed by atoms with Crippen LogP contribution in [0.1, 0.15) is 72.3 Å². The predicted molar refractivity (Wildman–Crippen MR) is 150 cm³/mol. The molecule has 1 aliphatic carbocycles. The van der Waals surface area contributed by atoms with Gasteiger partial charge in [-0.1, -0.05) is 58.9 Å². The van der Waals surface area contributed by atoms with Gasteiger partial charge in [-0.15, -0.1) is 0 Å². The number of para-hydroxylation sites is 1. The van der Waals surface area contributed by atoms with Crippen LogP contribution in [0, 0.1) is 0 Å². The van der Waals surface area contributed by atoms with E-state index in [-0.39, 0.29) is 10.8 Å². The summed E-state index contributed by atoms with van der Waals surface area (Å²) in [5, 5.41) is 1.21. The Hall–Kier alpha value is -3.07. The lowest BCUT2D eigenvalue weighted by Crippen LogP contribution is -2.29. The molecule has 0 radical (unpaired) electrons. The van der Waals surface area contributed by atoms with Crippen LogP contribution in [0.5, 0.6) is 0 Å². The number of hydrogen-bond acceptors (Lipinski definition) is 2. The van der Waals surface area contributed by atoms with Crippen LogP contribution in [0.2, 0.25) is 0 Å². The first-order chi connectivity index (χ1) is 16.6. The molecule has 0 unspecified atom stereocenters. The fourth-order valence-electron chi connectivity index (χ4n) is 5.40. The van der Waals surface area contributed by atoms with Gasteiger partial charge in [0.15, 0.2) is 0 Å². The Morgan fingerprint density at radius 1 is 0.971 bits per heavy atom. The van der Waals surface area contributed by atoms with E-state index in [1.54, 1.807) is 0 Å². The topological polar surface area (TPSA) is 19.4 Å². The highest BCUT2D eigenvalue weighted by molar-refractivity contribution is 5.71. The maximum Gasteiger partial charge on any atom is 0.203 e. The summed E-state index contributed by atoms with van der Waals surface area (Å²) < 4.78 is 8.81. The zero-order valence-electron chi connectivity index (χ0n) is 22.8. The summed E-state index contributed by atoms with van der Waals surface area (Å²) in [6, 6.07) is 17.6. The molecular formula is C32H41N2O+. The van der Waals surface area contributed by atoms with Gasteiger partial charge in [-0.05, 0) is 67.7 Å². The molecule has 35 heavy (non-hydrogen) atoms. The molecule has 0 fully saturated rings. The van der Waals surface area contributed by atoms with Crippen molar-refractivity contribution in [2.24, 2.45) is 0 Å². The van der Waals surface area contributed by atoms with Gasteiger partial charge >= 0.3 is 0 Å². The minimum Gasteiger partial charge on any atom is -0.456 e. The number of allylic oxidation sites excluding steroid dienone is 3.